The predicted molar refractivity (Wildman–Crippen MR) is 36.3 cm³/mol. The lowest BCUT2D eigenvalue weighted by molar-refractivity contribution is 0.390. The molecule has 0 aliphatic heterocycles. The van der Waals surface area contributed by atoms with Crippen molar-refractivity contribution in [2.45, 2.75) is 38.8 Å². The molecule has 50 valence electrons. The average molecular weight is 116 g/mol. The van der Waals surface area contributed by atoms with Gasteiger partial charge in [0.15, 0.2) is 0 Å². The van der Waals surface area contributed by atoms with E-state index in [1.54, 1.807) is 0 Å². The van der Waals surface area contributed by atoms with Crippen molar-refractivity contribution in [3.63, 3.8) is 0 Å². The Morgan fingerprint density at radius 2 is 1.75 bits per heavy atom. The Balaban J connectivity index is 3.37. The van der Waals surface area contributed by atoms with Crippen LogP contribution in [-0.4, -0.2) is 5.66 Å². The minimum Gasteiger partial charge on any atom is -0.314 e. The van der Waals surface area contributed by atoms with Crippen LogP contribution in [-0.2, 0) is 0 Å². The highest BCUT2D eigenvalue weighted by molar-refractivity contribution is 4.72. The zero-order valence-electron chi connectivity index (χ0n) is 5.78. The van der Waals surface area contributed by atoms with Gasteiger partial charge in [0, 0.05) is 0 Å². The van der Waals surface area contributed by atoms with Crippen LogP contribution in [0.4, 0.5) is 0 Å². The molecular weight excluding hydrogens is 100 g/mol. The molecule has 4 N–H and O–H groups in total. The zero-order valence-corrected chi connectivity index (χ0v) is 5.78. The minimum atomic E-state index is -0.408. The van der Waals surface area contributed by atoms with Crippen molar-refractivity contribution < 1.29 is 0 Å². The quantitative estimate of drug-likeness (QED) is 0.536. The topological polar surface area (TPSA) is 52.0 Å². The van der Waals surface area contributed by atoms with Crippen LogP contribution in [0.15, 0.2) is 0 Å². The predicted octanol–water partition coefficient (Wildman–Crippen LogP) is 0.810. The molecule has 0 rings (SSSR count). The van der Waals surface area contributed by atoms with Crippen molar-refractivity contribution in [1.29, 1.82) is 0 Å². The van der Waals surface area contributed by atoms with Crippen LogP contribution >= 0.6 is 0 Å². The highest BCUT2D eigenvalue weighted by Gasteiger charge is 2.12. The van der Waals surface area contributed by atoms with E-state index in [4.69, 9.17) is 11.5 Å². The fourth-order valence-electron chi connectivity index (χ4n) is 0.642. The third-order valence-corrected chi connectivity index (χ3v) is 1.37. The summed E-state index contributed by atoms with van der Waals surface area (Å²) in [6.07, 6.45) is 2.85. The van der Waals surface area contributed by atoms with Crippen LogP contribution in [0.1, 0.15) is 33.1 Å². The summed E-state index contributed by atoms with van der Waals surface area (Å²) in [4.78, 5) is 0. The lowest BCUT2D eigenvalue weighted by atomic mass is 10.0. The summed E-state index contributed by atoms with van der Waals surface area (Å²) in [7, 11) is 0. The third kappa shape index (κ3) is 2.99. The molecule has 0 fully saturated rings. The molecule has 0 aromatic heterocycles. The second kappa shape index (κ2) is 3.05. The third-order valence-electron chi connectivity index (χ3n) is 1.37. The second-order valence-electron chi connectivity index (χ2n) is 2.34. The monoisotopic (exact) mass is 116 g/mol. The molecule has 0 unspecified atom stereocenters. The summed E-state index contributed by atoms with van der Waals surface area (Å²) < 4.78 is 0. The lowest BCUT2D eigenvalue weighted by Crippen LogP contribution is -2.48. The van der Waals surface area contributed by atoms with Crippen molar-refractivity contribution in [3.8, 4) is 0 Å². The van der Waals surface area contributed by atoms with E-state index in [1.165, 1.54) is 0 Å². The largest absolute Gasteiger partial charge is 0.314 e. The smallest absolute Gasteiger partial charge is 0.0633 e. The molecule has 0 aromatic carbocycles. The highest BCUT2D eigenvalue weighted by atomic mass is 14.9. The molecule has 0 saturated heterocycles. The molecule has 0 heterocycles. The molecule has 0 radical (unpaired) electrons. The summed E-state index contributed by atoms with van der Waals surface area (Å²) in [6.45, 7) is 4.10. The number of hydrogen-bond acceptors (Lipinski definition) is 2. The van der Waals surface area contributed by atoms with Gasteiger partial charge < -0.3 is 11.5 Å². The summed E-state index contributed by atoms with van der Waals surface area (Å²) in [5, 5.41) is 0. The number of hydrogen-bond donors (Lipinski definition) is 2. The maximum atomic E-state index is 5.60. The van der Waals surface area contributed by atoms with Gasteiger partial charge in [0.05, 0.1) is 5.66 Å². The fraction of sp³-hybridized carbons (Fsp3) is 1.00. The van der Waals surface area contributed by atoms with Gasteiger partial charge in [-0.2, -0.15) is 0 Å². The molecule has 0 aromatic rings. The standard InChI is InChI=1S/C6H16N2/c1-3-5-6(7,8)4-2/h3-5,7-8H2,1-2H3. The maximum absolute atomic E-state index is 5.60. The van der Waals surface area contributed by atoms with E-state index in [-0.39, 0.29) is 0 Å². The zero-order chi connectivity index (χ0) is 6.62. The van der Waals surface area contributed by atoms with E-state index in [0.717, 1.165) is 19.3 Å². The molecule has 2 nitrogen and oxygen atoms in total. The van der Waals surface area contributed by atoms with E-state index >= 15 is 0 Å². The molecule has 0 atom stereocenters. The first-order chi connectivity index (χ1) is 3.62. The summed E-state index contributed by atoms with van der Waals surface area (Å²) in [5.41, 5.74) is 10.8. The van der Waals surface area contributed by atoms with Crippen molar-refractivity contribution in [2.75, 3.05) is 0 Å². The SMILES string of the molecule is CCCC(N)(N)CC. The van der Waals surface area contributed by atoms with Crippen LogP contribution in [0.25, 0.3) is 0 Å². The molecule has 2 heteroatoms. The van der Waals surface area contributed by atoms with Crippen LogP contribution in [0, 0.1) is 0 Å². The normalized spacial score (nSPS) is 12.0. The summed E-state index contributed by atoms with van der Waals surface area (Å²) >= 11 is 0. The number of nitrogens with two attached hydrogens (primary N) is 2. The summed E-state index contributed by atoms with van der Waals surface area (Å²) in [6, 6.07) is 0. The molecule has 0 spiro atoms. The molecular formula is C6H16N2. The van der Waals surface area contributed by atoms with Gasteiger partial charge in [0.1, 0.15) is 0 Å². The van der Waals surface area contributed by atoms with E-state index in [2.05, 4.69) is 6.92 Å². The summed E-state index contributed by atoms with van der Waals surface area (Å²) in [5.74, 6) is 0. The Kier molecular flexibility index (Phi) is 3.02. The van der Waals surface area contributed by atoms with Crippen LogP contribution < -0.4 is 11.5 Å². The van der Waals surface area contributed by atoms with E-state index in [1.807, 2.05) is 6.92 Å². The van der Waals surface area contributed by atoms with Gasteiger partial charge in [-0.25, -0.2) is 0 Å². The van der Waals surface area contributed by atoms with Crippen molar-refractivity contribution in [2.24, 2.45) is 11.5 Å². The fourth-order valence-corrected chi connectivity index (χ4v) is 0.642. The van der Waals surface area contributed by atoms with Crippen LogP contribution in [0.3, 0.4) is 0 Å². The minimum absolute atomic E-state index is 0.408. The molecule has 8 heavy (non-hydrogen) atoms. The van der Waals surface area contributed by atoms with Crippen molar-refractivity contribution in [1.82, 2.24) is 0 Å². The first kappa shape index (κ1) is 7.92. The van der Waals surface area contributed by atoms with Crippen molar-refractivity contribution >= 4 is 0 Å². The van der Waals surface area contributed by atoms with Gasteiger partial charge in [-0.1, -0.05) is 20.3 Å². The van der Waals surface area contributed by atoms with Gasteiger partial charge >= 0.3 is 0 Å². The molecule has 0 amide bonds. The Labute approximate surface area is 51.2 Å². The second-order valence-corrected chi connectivity index (χ2v) is 2.34. The lowest BCUT2D eigenvalue weighted by Gasteiger charge is -2.20. The van der Waals surface area contributed by atoms with Gasteiger partial charge in [0.25, 0.3) is 0 Å². The van der Waals surface area contributed by atoms with E-state index in [9.17, 15) is 0 Å². The van der Waals surface area contributed by atoms with Gasteiger partial charge in [-0.3, -0.25) is 0 Å². The first-order valence-electron chi connectivity index (χ1n) is 3.20. The van der Waals surface area contributed by atoms with Gasteiger partial charge in [0.2, 0.25) is 0 Å². The Morgan fingerprint density at radius 1 is 1.25 bits per heavy atom. The van der Waals surface area contributed by atoms with Crippen molar-refractivity contribution in [3.05, 3.63) is 0 Å². The highest BCUT2D eigenvalue weighted by Crippen LogP contribution is 2.04. The average Bonchev–Trinajstić information content (AvgIpc) is 1.67. The van der Waals surface area contributed by atoms with E-state index < -0.39 is 5.66 Å². The molecule has 0 aliphatic carbocycles. The molecule has 0 bridgehead atoms. The van der Waals surface area contributed by atoms with Crippen LogP contribution in [0.2, 0.25) is 0 Å². The Morgan fingerprint density at radius 3 is 1.88 bits per heavy atom. The molecule has 0 aliphatic rings. The van der Waals surface area contributed by atoms with Gasteiger partial charge in [-0.15, -0.1) is 0 Å². The Hall–Kier alpha value is -0.0800. The molecule has 0 saturated carbocycles. The first-order valence-corrected chi connectivity index (χ1v) is 3.20. The Bertz CT molecular complexity index is 59.5. The van der Waals surface area contributed by atoms with Gasteiger partial charge in [-0.05, 0) is 12.8 Å². The van der Waals surface area contributed by atoms with Crippen LogP contribution in [0.5, 0.6) is 0 Å². The van der Waals surface area contributed by atoms with E-state index in [0.29, 0.717) is 0 Å². The maximum Gasteiger partial charge on any atom is 0.0633 e. The number of rotatable bonds is 3.